The third-order valence-electron chi connectivity index (χ3n) is 13.9. The van der Waals surface area contributed by atoms with Crippen LogP contribution in [0.1, 0.15) is 47.5 Å². The zero-order chi connectivity index (χ0) is 34.6. The molecule has 3 aliphatic carbocycles. The molecule has 2 bridgehead atoms. The van der Waals surface area contributed by atoms with Crippen LogP contribution in [0.5, 0.6) is 0 Å². The van der Waals surface area contributed by atoms with Crippen LogP contribution in [0.2, 0.25) is 0 Å². The summed E-state index contributed by atoms with van der Waals surface area (Å²) in [5, 5.41) is 25.6. The summed E-state index contributed by atoms with van der Waals surface area (Å²) in [6.07, 6.45) is -2.37. The fourth-order valence-electron chi connectivity index (χ4n) is 12.2. The van der Waals surface area contributed by atoms with Crippen molar-refractivity contribution in [3.8, 4) is 0 Å². The molecule has 5 aliphatic heterocycles. The van der Waals surface area contributed by atoms with Crippen molar-refractivity contribution in [3.63, 3.8) is 0 Å². The predicted octanol–water partition coefficient (Wildman–Crippen LogP) is 0.908. The molecule has 16 unspecified atom stereocenters. The smallest absolute Gasteiger partial charge is 0.366 e. The molecule has 0 aromatic rings. The maximum Gasteiger partial charge on any atom is 0.366 e. The van der Waals surface area contributed by atoms with Crippen molar-refractivity contribution in [2.24, 2.45) is 34.0 Å². The Kier molecular flexibility index (Phi) is 6.52. The minimum absolute atomic E-state index is 0.0445. The van der Waals surface area contributed by atoms with E-state index in [1.54, 1.807) is 6.92 Å². The molecule has 0 amide bonds. The van der Waals surface area contributed by atoms with Crippen molar-refractivity contribution >= 4 is 17.9 Å². The standard InChI is InChI=1S/C34H44O14/c1-15(2)24(36)46-19-12-18(45-16(3)35)28(4)13-43-21-22(28)31(19)14-44-33(41-8,26(37)40-7)25(31)29(5)23(21)48-30(6)17-11-20(34(29,30)39)47-27-32(17,38)9-10-42-27/h9-10,17-23,25,27,38-39H,1,11-14H2,2-8H3. The molecule has 0 aromatic carbocycles. The van der Waals surface area contributed by atoms with E-state index in [4.69, 9.17) is 42.6 Å². The van der Waals surface area contributed by atoms with Gasteiger partial charge in [0, 0.05) is 60.0 Å². The second kappa shape index (κ2) is 9.59. The Bertz CT molecular complexity index is 1530. The number of methoxy groups -OCH3 is 2. The van der Waals surface area contributed by atoms with E-state index in [-0.39, 0.29) is 31.6 Å². The minimum atomic E-state index is -2.12. The highest BCUT2D eigenvalue weighted by Gasteiger charge is 2.94. The molecule has 3 saturated carbocycles. The first-order chi connectivity index (χ1) is 22.5. The monoisotopic (exact) mass is 676 g/mol. The number of hydrogen-bond acceptors (Lipinski definition) is 14. The van der Waals surface area contributed by atoms with Crippen molar-refractivity contribution in [1.29, 1.82) is 0 Å². The van der Waals surface area contributed by atoms with Gasteiger partial charge in [-0.1, -0.05) is 20.4 Å². The lowest BCUT2D eigenvalue weighted by atomic mass is 9.37. The van der Waals surface area contributed by atoms with Gasteiger partial charge in [0.25, 0.3) is 5.79 Å². The zero-order valence-corrected chi connectivity index (χ0v) is 28.2. The van der Waals surface area contributed by atoms with E-state index in [0.29, 0.717) is 0 Å². The number of carbonyl (C=O) groups excluding carboxylic acids is 3. The summed E-state index contributed by atoms with van der Waals surface area (Å²) in [6.45, 7) is 12.1. The minimum Gasteiger partial charge on any atom is -0.469 e. The SMILES string of the molecule is C=C(C)C(=O)OC1CC(OC(C)=O)C2(C)COC3C2C12COC(OC)(C(=O)OC)C2C1(C)C3OC2(C)C3CC(OC4OC=CC43O)C21O. The van der Waals surface area contributed by atoms with E-state index >= 15 is 0 Å². The van der Waals surface area contributed by atoms with Crippen LogP contribution >= 0.6 is 0 Å². The lowest BCUT2D eigenvalue weighted by Crippen LogP contribution is -2.78. The molecule has 2 N–H and O–H groups in total. The summed E-state index contributed by atoms with van der Waals surface area (Å²) in [4.78, 5) is 40.1. The Morgan fingerprint density at radius 2 is 1.73 bits per heavy atom. The number of ether oxygens (including phenoxy) is 9. The van der Waals surface area contributed by atoms with Gasteiger partial charge in [0.2, 0.25) is 6.29 Å². The Balaban J connectivity index is 1.41. The van der Waals surface area contributed by atoms with Crippen LogP contribution in [0.3, 0.4) is 0 Å². The predicted molar refractivity (Wildman–Crippen MR) is 158 cm³/mol. The van der Waals surface area contributed by atoms with Gasteiger partial charge in [0.1, 0.15) is 23.4 Å². The van der Waals surface area contributed by atoms with Gasteiger partial charge >= 0.3 is 17.9 Å². The Morgan fingerprint density at radius 1 is 1.00 bits per heavy atom. The molecular weight excluding hydrogens is 632 g/mol. The molecule has 48 heavy (non-hydrogen) atoms. The van der Waals surface area contributed by atoms with Crippen LogP contribution in [-0.2, 0) is 57.0 Å². The van der Waals surface area contributed by atoms with Gasteiger partial charge in [-0.05, 0) is 26.3 Å². The third kappa shape index (κ3) is 3.23. The number of hydrogen-bond donors (Lipinski definition) is 2. The highest BCUT2D eigenvalue weighted by molar-refractivity contribution is 5.87. The maximum atomic E-state index is 14.1. The van der Waals surface area contributed by atoms with Crippen LogP contribution in [0.4, 0.5) is 0 Å². The Labute approximate surface area is 277 Å². The molecule has 7 fully saturated rings. The summed E-state index contributed by atoms with van der Waals surface area (Å²) in [7, 11) is 2.55. The number of aliphatic hydroxyl groups is 2. The number of rotatable bonds is 5. The number of fused-ring (bicyclic) bond motifs is 11. The molecule has 5 heterocycles. The first-order valence-corrected chi connectivity index (χ1v) is 16.5. The number of carbonyl (C=O) groups is 3. The van der Waals surface area contributed by atoms with E-state index in [9.17, 15) is 24.6 Å². The zero-order valence-electron chi connectivity index (χ0n) is 28.2. The average molecular weight is 677 g/mol. The molecule has 16 atom stereocenters. The summed E-state index contributed by atoms with van der Waals surface area (Å²) in [5.41, 5.74) is -8.56. The van der Waals surface area contributed by atoms with Crippen molar-refractivity contribution in [2.75, 3.05) is 27.4 Å². The van der Waals surface area contributed by atoms with Crippen LogP contribution in [0, 0.1) is 34.0 Å². The first kappa shape index (κ1) is 32.6. The van der Waals surface area contributed by atoms with Crippen LogP contribution in [0.25, 0.3) is 0 Å². The average Bonchev–Trinajstić information content (AvgIpc) is 3.78. The van der Waals surface area contributed by atoms with Gasteiger partial charge < -0.3 is 52.8 Å². The summed E-state index contributed by atoms with van der Waals surface area (Å²) in [6, 6.07) is 0. The third-order valence-corrected chi connectivity index (χ3v) is 13.9. The quantitative estimate of drug-likeness (QED) is 0.239. The first-order valence-electron chi connectivity index (χ1n) is 16.5. The molecule has 4 saturated heterocycles. The second-order valence-corrected chi connectivity index (χ2v) is 15.7. The largest absolute Gasteiger partial charge is 0.469 e. The van der Waals surface area contributed by atoms with E-state index in [2.05, 4.69) is 6.58 Å². The normalized spacial score (nSPS) is 56.2. The molecular formula is C34H44O14. The van der Waals surface area contributed by atoms with Gasteiger partial charge in [0.15, 0.2) is 5.60 Å². The van der Waals surface area contributed by atoms with Crippen LogP contribution in [-0.4, -0.2) is 115 Å². The lowest BCUT2D eigenvalue weighted by molar-refractivity contribution is -0.318. The topological polar surface area (TPSA) is 175 Å². The Morgan fingerprint density at radius 3 is 2.38 bits per heavy atom. The summed E-state index contributed by atoms with van der Waals surface area (Å²) in [5.74, 6) is -6.61. The highest BCUT2D eigenvalue weighted by atomic mass is 16.7. The van der Waals surface area contributed by atoms with E-state index in [1.165, 1.54) is 40.4 Å². The number of esters is 3. The van der Waals surface area contributed by atoms with Crippen molar-refractivity contribution in [2.45, 2.75) is 107 Å². The summed E-state index contributed by atoms with van der Waals surface area (Å²) >= 11 is 0. The van der Waals surface area contributed by atoms with Gasteiger partial charge in [-0.25, -0.2) is 9.59 Å². The molecule has 1 spiro atoms. The van der Waals surface area contributed by atoms with E-state index in [1.807, 2.05) is 13.8 Å². The molecule has 8 rings (SSSR count). The molecule has 264 valence electrons. The van der Waals surface area contributed by atoms with E-state index in [0.717, 1.165) is 0 Å². The van der Waals surface area contributed by atoms with Gasteiger partial charge in [-0.2, -0.15) is 0 Å². The lowest BCUT2D eigenvalue weighted by Gasteiger charge is -2.66. The maximum absolute atomic E-state index is 14.1. The highest BCUT2D eigenvalue weighted by Crippen LogP contribution is 2.81. The fraction of sp³-hybridized carbons (Fsp3) is 0.794. The molecule has 0 radical (unpaired) electrons. The summed E-state index contributed by atoms with van der Waals surface area (Å²) < 4.78 is 56.2. The van der Waals surface area contributed by atoms with Gasteiger partial charge in [-0.3, -0.25) is 4.79 Å². The molecule has 0 aromatic heterocycles. The van der Waals surface area contributed by atoms with Crippen LogP contribution in [0.15, 0.2) is 24.5 Å². The van der Waals surface area contributed by atoms with Crippen molar-refractivity contribution in [1.82, 2.24) is 0 Å². The molecule has 8 aliphatic rings. The van der Waals surface area contributed by atoms with Gasteiger partial charge in [0.05, 0.1) is 44.9 Å². The van der Waals surface area contributed by atoms with Crippen LogP contribution < -0.4 is 0 Å². The van der Waals surface area contributed by atoms with Gasteiger partial charge in [-0.15, -0.1) is 0 Å². The van der Waals surface area contributed by atoms with Crippen molar-refractivity contribution in [3.05, 3.63) is 24.5 Å². The second-order valence-electron chi connectivity index (χ2n) is 15.7. The Hall–Kier alpha value is -2.59. The fourth-order valence-corrected chi connectivity index (χ4v) is 12.2. The molecule has 14 nitrogen and oxygen atoms in total. The molecule has 14 heteroatoms. The van der Waals surface area contributed by atoms with Crippen molar-refractivity contribution < 1.29 is 67.2 Å². The van der Waals surface area contributed by atoms with E-state index < -0.39 is 111 Å².